The Morgan fingerprint density at radius 2 is 1.50 bits per heavy atom. The standard InChI is InChI=1S/C4H4N6OS/c11-12(9-3-1-5-7-9)10-4-2-6-8-10/h1-4H. The van der Waals surface area contributed by atoms with Crippen molar-refractivity contribution in [3.8, 4) is 0 Å². The van der Waals surface area contributed by atoms with Gasteiger partial charge in [0.15, 0.2) is 0 Å². The molecule has 2 heterocycles. The summed E-state index contributed by atoms with van der Waals surface area (Å²) in [5.41, 5.74) is 0. The van der Waals surface area contributed by atoms with Gasteiger partial charge in [-0.05, 0) is 18.6 Å². The summed E-state index contributed by atoms with van der Waals surface area (Å²) in [4.78, 5) is 0. The van der Waals surface area contributed by atoms with Crippen molar-refractivity contribution in [3.63, 3.8) is 0 Å². The van der Waals surface area contributed by atoms with Crippen molar-refractivity contribution in [3.05, 3.63) is 24.8 Å². The van der Waals surface area contributed by atoms with Gasteiger partial charge in [0.25, 0.3) is 0 Å². The minimum atomic E-state index is -1.50. The predicted molar refractivity (Wildman–Crippen MR) is 39.0 cm³/mol. The Morgan fingerprint density at radius 1 is 1.00 bits per heavy atom. The van der Waals surface area contributed by atoms with Crippen molar-refractivity contribution < 1.29 is 4.55 Å². The summed E-state index contributed by atoms with van der Waals surface area (Å²) >= 11 is -1.50. The Bertz CT molecular complexity index is 296. The van der Waals surface area contributed by atoms with Crippen LogP contribution in [-0.2, 0) is 11.5 Å². The van der Waals surface area contributed by atoms with E-state index in [0.29, 0.717) is 0 Å². The lowest BCUT2D eigenvalue weighted by molar-refractivity contribution is 0.556. The molecule has 0 fully saturated rings. The minimum absolute atomic E-state index is 1.18. The van der Waals surface area contributed by atoms with E-state index < -0.39 is 11.5 Å². The van der Waals surface area contributed by atoms with E-state index in [-0.39, 0.29) is 0 Å². The average Bonchev–Trinajstić information content (AvgIpc) is 2.77. The van der Waals surface area contributed by atoms with Crippen molar-refractivity contribution in [1.29, 1.82) is 0 Å². The van der Waals surface area contributed by atoms with E-state index in [0.717, 1.165) is 0 Å². The summed E-state index contributed by atoms with van der Waals surface area (Å²) in [6.45, 7) is 0. The Balaban J connectivity index is 2.27. The van der Waals surface area contributed by atoms with Crippen LogP contribution in [0.25, 0.3) is 0 Å². The summed E-state index contributed by atoms with van der Waals surface area (Å²) in [6, 6.07) is 0. The molecule has 7 nitrogen and oxygen atoms in total. The van der Waals surface area contributed by atoms with Gasteiger partial charge in [-0.25, -0.2) is 0 Å². The Hall–Kier alpha value is -1.41. The first-order chi connectivity index (χ1) is 5.88. The number of aromatic nitrogens is 6. The Kier molecular flexibility index (Phi) is 1.76. The molecule has 0 bridgehead atoms. The van der Waals surface area contributed by atoms with Gasteiger partial charge in [-0.15, -0.1) is 10.2 Å². The van der Waals surface area contributed by atoms with Crippen LogP contribution in [0.4, 0.5) is 0 Å². The minimum Gasteiger partial charge on any atom is -0.565 e. The monoisotopic (exact) mass is 184 g/mol. The SMILES string of the molecule is [O-][S+](n1ccnn1)n1ccnn1. The van der Waals surface area contributed by atoms with E-state index in [4.69, 9.17) is 0 Å². The van der Waals surface area contributed by atoms with E-state index in [9.17, 15) is 4.55 Å². The zero-order valence-corrected chi connectivity index (χ0v) is 6.63. The maximum absolute atomic E-state index is 11.4. The number of nitrogens with zero attached hydrogens (tertiary/aromatic N) is 6. The highest BCUT2D eigenvalue weighted by molar-refractivity contribution is 7.88. The fourth-order valence-corrected chi connectivity index (χ4v) is 1.34. The molecule has 0 aliphatic heterocycles. The summed E-state index contributed by atoms with van der Waals surface area (Å²) in [7, 11) is 0. The molecule has 0 saturated heterocycles. The molecule has 0 amide bonds. The molecule has 0 aliphatic carbocycles. The molecule has 2 aromatic heterocycles. The van der Waals surface area contributed by atoms with Gasteiger partial charge in [-0.3, -0.25) is 0 Å². The molecule has 62 valence electrons. The summed E-state index contributed by atoms with van der Waals surface area (Å²) in [6.07, 6.45) is 5.85. The largest absolute Gasteiger partial charge is 0.565 e. The van der Waals surface area contributed by atoms with Crippen LogP contribution in [0.2, 0.25) is 0 Å². The number of rotatable bonds is 2. The second-order valence-electron chi connectivity index (χ2n) is 1.84. The molecule has 0 saturated carbocycles. The van der Waals surface area contributed by atoms with Crippen LogP contribution in [0.3, 0.4) is 0 Å². The van der Waals surface area contributed by atoms with Gasteiger partial charge in [0.1, 0.15) is 12.4 Å². The highest BCUT2D eigenvalue weighted by Gasteiger charge is 2.13. The smallest absolute Gasteiger partial charge is 0.245 e. The Morgan fingerprint density at radius 3 is 1.83 bits per heavy atom. The van der Waals surface area contributed by atoms with Crippen molar-refractivity contribution >= 4 is 11.5 Å². The van der Waals surface area contributed by atoms with Crippen LogP contribution in [0.15, 0.2) is 24.8 Å². The molecule has 0 aliphatic rings. The van der Waals surface area contributed by atoms with Gasteiger partial charge in [0.05, 0.1) is 12.4 Å². The molecular weight excluding hydrogens is 180 g/mol. The average molecular weight is 184 g/mol. The van der Waals surface area contributed by atoms with Gasteiger partial charge in [0.2, 0.25) is 11.5 Å². The van der Waals surface area contributed by atoms with Crippen LogP contribution >= 0.6 is 0 Å². The first kappa shape index (κ1) is 7.25. The first-order valence-corrected chi connectivity index (χ1v) is 4.09. The van der Waals surface area contributed by atoms with Crippen LogP contribution < -0.4 is 0 Å². The van der Waals surface area contributed by atoms with Crippen molar-refractivity contribution in [1.82, 2.24) is 28.8 Å². The zero-order valence-electron chi connectivity index (χ0n) is 5.81. The second-order valence-corrected chi connectivity index (χ2v) is 3.05. The molecule has 0 unspecified atom stereocenters. The van der Waals surface area contributed by atoms with E-state index in [1.165, 1.54) is 33.0 Å². The van der Waals surface area contributed by atoms with Crippen molar-refractivity contribution in [2.24, 2.45) is 0 Å². The topological polar surface area (TPSA) is 84.5 Å². The molecule has 8 heteroatoms. The summed E-state index contributed by atoms with van der Waals surface area (Å²) in [5, 5.41) is 14.1. The van der Waals surface area contributed by atoms with Crippen molar-refractivity contribution in [2.45, 2.75) is 0 Å². The quantitative estimate of drug-likeness (QED) is 0.550. The second kappa shape index (κ2) is 2.91. The lowest BCUT2D eigenvalue weighted by atomic mass is 11.0. The molecule has 2 rings (SSSR count). The number of hydrogen-bond donors (Lipinski definition) is 0. The molecule has 12 heavy (non-hydrogen) atoms. The molecule has 0 radical (unpaired) electrons. The molecule has 0 spiro atoms. The van der Waals surface area contributed by atoms with Gasteiger partial charge in [-0.1, -0.05) is 0 Å². The van der Waals surface area contributed by atoms with E-state index in [1.807, 2.05) is 0 Å². The van der Waals surface area contributed by atoms with Gasteiger partial charge in [-0.2, -0.15) is 0 Å². The van der Waals surface area contributed by atoms with Crippen LogP contribution in [0.5, 0.6) is 0 Å². The summed E-state index contributed by atoms with van der Waals surface area (Å²) < 4.78 is 13.8. The maximum Gasteiger partial charge on any atom is 0.245 e. The lowest BCUT2D eigenvalue weighted by Crippen LogP contribution is -2.22. The third-order valence-electron chi connectivity index (χ3n) is 1.12. The summed E-state index contributed by atoms with van der Waals surface area (Å²) in [5.74, 6) is 0. The number of hydrogen-bond acceptors (Lipinski definition) is 5. The normalized spacial score (nSPS) is 10.8. The molecular formula is C4H4N6OS. The lowest BCUT2D eigenvalue weighted by Gasteiger charge is -2.03. The fraction of sp³-hybridized carbons (Fsp3) is 0. The maximum atomic E-state index is 11.4. The predicted octanol–water partition coefficient (Wildman–Crippen LogP) is -1.16. The van der Waals surface area contributed by atoms with E-state index in [2.05, 4.69) is 20.6 Å². The van der Waals surface area contributed by atoms with Gasteiger partial charge < -0.3 is 4.55 Å². The van der Waals surface area contributed by atoms with E-state index in [1.54, 1.807) is 0 Å². The zero-order chi connectivity index (χ0) is 8.39. The molecule has 2 aromatic rings. The third kappa shape index (κ3) is 1.17. The highest BCUT2D eigenvalue weighted by atomic mass is 32.2. The molecule has 0 N–H and O–H groups in total. The Labute approximate surface area is 70.4 Å². The van der Waals surface area contributed by atoms with Crippen molar-refractivity contribution in [2.75, 3.05) is 0 Å². The highest BCUT2D eigenvalue weighted by Crippen LogP contribution is 1.95. The third-order valence-corrected chi connectivity index (χ3v) is 2.15. The van der Waals surface area contributed by atoms with Crippen LogP contribution in [0, 0.1) is 0 Å². The fourth-order valence-electron chi connectivity index (χ4n) is 0.647. The first-order valence-electron chi connectivity index (χ1n) is 3.03. The van der Waals surface area contributed by atoms with Crippen LogP contribution in [-0.4, -0.2) is 33.4 Å². The molecule has 0 aromatic carbocycles. The van der Waals surface area contributed by atoms with Crippen LogP contribution in [0.1, 0.15) is 0 Å². The van der Waals surface area contributed by atoms with E-state index >= 15 is 0 Å². The van der Waals surface area contributed by atoms with Gasteiger partial charge >= 0.3 is 0 Å². The molecule has 0 atom stereocenters. The van der Waals surface area contributed by atoms with Gasteiger partial charge in [0, 0.05) is 0 Å².